The molecular weight excluding hydrogens is 100 g/mol. The van der Waals surface area contributed by atoms with E-state index < -0.39 is 0 Å². The van der Waals surface area contributed by atoms with Crippen LogP contribution in [0.25, 0.3) is 0 Å². The molecule has 0 bridgehead atoms. The average Bonchev–Trinajstić information content (AvgIpc) is 1.68. The molecule has 2 heteroatoms. The van der Waals surface area contributed by atoms with Gasteiger partial charge in [-0.2, -0.15) is 0 Å². The highest BCUT2D eigenvalue weighted by Gasteiger charge is 2.43. The molecule has 0 aromatic rings. The fourth-order valence-corrected chi connectivity index (χ4v) is 0.996. The van der Waals surface area contributed by atoms with Crippen LogP contribution in [0.4, 0.5) is 0 Å². The molecule has 0 heterocycles. The zero-order valence-corrected chi connectivity index (χ0v) is 5.52. The summed E-state index contributed by atoms with van der Waals surface area (Å²) in [5, 5.41) is 0. The maximum atomic E-state index is 5.67. The highest BCUT2D eigenvalue weighted by molar-refractivity contribution is 5.02. The van der Waals surface area contributed by atoms with E-state index in [0.717, 1.165) is 6.42 Å². The number of hydrogen-bond acceptors (Lipinski definition) is 2. The maximum absolute atomic E-state index is 5.67. The Labute approximate surface area is 50.2 Å². The van der Waals surface area contributed by atoms with Gasteiger partial charge in [-0.15, -0.1) is 0 Å². The van der Waals surface area contributed by atoms with Crippen molar-refractivity contribution in [3.63, 3.8) is 0 Å². The second-order valence-corrected chi connectivity index (χ2v) is 3.27. The molecule has 1 rings (SSSR count). The SMILES string of the molecule is CC1(C)[C@H](N)C[C@H]1N. The Morgan fingerprint density at radius 1 is 1.25 bits per heavy atom. The largest absolute Gasteiger partial charge is 0.327 e. The van der Waals surface area contributed by atoms with Crippen molar-refractivity contribution in [3.05, 3.63) is 0 Å². The molecular formula is C6H14N2. The lowest BCUT2D eigenvalue weighted by molar-refractivity contribution is 0.103. The normalized spacial score (nSPS) is 43.5. The maximum Gasteiger partial charge on any atom is 0.0120 e. The predicted molar refractivity (Wildman–Crippen MR) is 34.3 cm³/mol. The quantitative estimate of drug-likeness (QED) is 0.468. The van der Waals surface area contributed by atoms with Crippen molar-refractivity contribution < 1.29 is 0 Å². The molecule has 1 aliphatic carbocycles. The van der Waals surface area contributed by atoms with Crippen LogP contribution in [-0.2, 0) is 0 Å². The van der Waals surface area contributed by atoms with Crippen LogP contribution in [-0.4, -0.2) is 12.1 Å². The van der Waals surface area contributed by atoms with Gasteiger partial charge in [-0.1, -0.05) is 13.8 Å². The summed E-state index contributed by atoms with van der Waals surface area (Å²) in [6.07, 6.45) is 0.993. The van der Waals surface area contributed by atoms with Gasteiger partial charge in [0.15, 0.2) is 0 Å². The minimum absolute atomic E-state index is 0.194. The van der Waals surface area contributed by atoms with Crippen LogP contribution in [0.5, 0.6) is 0 Å². The molecule has 1 saturated carbocycles. The van der Waals surface area contributed by atoms with Crippen LogP contribution < -0.4 is 11.5 Å². The van der Waals surface area contributed by atoms with Crippen LogP contribution >= 0.6 is 0 Å². The summed E-state index contributed by atoms with van der Waals surface area (Å²) in [5.41, 5.74) is 11.5. The zero-order chi connectivity index (χ0) is 6.36. The minimum Gasteiger partial charge on any atom is -0.327 e. The van der Waals surface area contributed by atoms with Crippen molar-refractivity contribution in [2.75, 3.05) is 0 Å². The molecule has 48 valence electrons. The van der Waals surface area contributed by atoms with Gasteiger partial charge in [0.25, 0.3) is 0 Å². The van der Waals surface area contributed by atoms with E-state index in [9.17, 15) is 0 Å². The van der Waals surface area contributed by atoms with Crippen molar-refractivity contribution in [2.45, 2.75) is 32.4 Å². The third-order valence-electron chi connectivity index (χ3n) is 2.42. The Bertz CT molecular complexity index is 88.7. The third kappa shape index (κ3) is 0.565. The summed E-state index contributed by atoms with van der Waals surface area (Å²) in [6, 6.07) is 0.662. The van der Waals surface area contributed by atoms with Crippen molar-refractivity contribution >= 4 is 0 Å². The Balaban J connectivity index is 2.52. The molecule has 8 heavy (non-hydrogen) atoms. The lowest BCUT2D eigenvalue weighted by atomic mass is 9.64. The van der Waals surface area contributed by atoms with Crippen molar-refractivity contribution in [3.8, 4) is 0 Å². The summed E-state index contributed by atoms with van der Waals surface area (Å²) in [7, 11) is 0. The first kappa shape index (κ1) is 6.05. The third-order valence-corrected chi connectivity index (χ3v) is 2.42. The number of nitrogens with two attached hydrogens (primary N) is 2. The summed E-state index contributed by atoms with van der Waals surface area (Å²) in [5.74, 6) is 0. The molecule has 0 saturated heterocycles. The van der Waals surface area contributed by atoms with Gasteiger partial charge in [-0.3, -0.25) is 0 Å². The van der Waals surface area contributed by atoms with Gasteiger partial charge < -0.3 is 11.5 Å². The average molecular weight is 114 g/mol. The molecule has 0 aliphatic heterocycles. The smallest absolute Gasteiger partial charge is 0.0120 e. The molecule has 2 atom stereocenters. The Kier molecular flexibility index (Phi) is 1.10. The van der Waals surface area contributed by atoms with Crippen LogP contribution in [0.2, 0.25) is 0 Å². The van der Waals surface area contributed by atoms with E-state index in [0.29, 0.717) is 12.1 Å². The van der Waals surface area contributed by atoms with E-state index in [4.69, 9.17) is 11.5 Å². The van der Waals surface area contributed by atoms with E-state index in [1.807, 2.05) is 0 Å². The first-order valence-corrected chi connectivity index (χ1v) is 3.06. The molecule has 0 unspecified atom stereocenters. The minimum atomic E-state index is 0.194. The van der Waals surface area contributed by atoms with E-state index in [1.54, 1.807) is 0 Å². The van der Waals surface area contributed by atoms with Gasteiger partial charge in [-0.25, -0.2) is 0 Å². The number of rotatable bonds is 0. The van der Waals surface area contributed by atoms with Crippen molar-refractivity contribution in [1.82, 2.24) is 0 Å². The lowest BCUT2D eigenvalue weighted by Gasteiger charge is -2.48. The van der Waals surface area contributed by atoms with Crippen LogP contribution in [0, 0.1) is 5.41 Å². The summed E-state index contributed by atoms with van der Waals surface area (Å²) >= 11 is 0. The second kappa shape index (κ2) is 1.45. The highest BCUT2D eigenvalue weighted by Crippen LogP contribution is 2.37. The van der Waals surface area contributed by atoms with E-state index in [1.165, 1.54) is 0 Å². The highest BCUT2D eigenvalue weighted by atomic mass is 14.9. The molecule has 1 fully saturated rings. The lowest BCUT2D eigenvalue weighted by Crippen LogP contribution is -2.61. The van der Waals surface area contributed by atoms with Crippen molar-refractivity contribution in [2.24, 2.45) is 16.9 Å². The van der Waals surface area contributed by atoms with E-state index in [-0.39, 0.29) is 5.41 Å². The predicted octanol–water partition coefficient (Wildman–Crippen LogP) is 0.0709. The summed E-state index contributed by atoms with van der Waals surface area (Å²) in [6.45, 7) is 4.23. The fourth-order valence-electron chi connectivity index (χ4n) is 0.996. The molecule has 0 spiro atoms. The van der Waals surface area contributed by atoms with Gasteiger partial charge in [0, 0.05) is 12.1 Å². The van der Waals surface area contributed by atoms with E-state index in [2.05, 4.69) is 13.8 Å². The van der Waals surface area contributed by atoms with Gasteiger partial charge in [0.1, 0.15) is 0 Å². The first-order valence-electron chi connectivity index (χ1n) is 3.06. The monoisotopic (exact) mass is 114 g/mol. The standard InChI is InChI=1S/C6H14N2/c1-6(2)4(7)3-5(6)8/h4-5H,3,7-8H2,1-2H3/t4-,5-/m1/s1. The van der Waals surface area contributed by atoms with Gasteiger partial charge in [0.2, 0.25) is 0 Å². The summed E-state index contributed by atoms with van der Waals surface area (Å²) < 4.78 is 0. The Morgan fingerprint density at radius 2 is 1.62 bits per heavy atom. The Morgan fingerprint density at radius 3 is 1.62 bits per heavy atom. The molecule has 0 radical (unpaired) electrons. The summed E-state index contributed by atoms with van der Waals surface area (Å²) in [4.78, 5) is 0. The van der Waals surface area contributed by atoms with Crippen LogP contribution in [0.3, 0.4) is 0 Å². The fraction of sp³-hybridized carbons (Fsp3) is 1.00. The van der Waals surface area contributed by atoms with E-state index >= 15 is 0 Å². The number of hydrogen-bond donors (Lipinski definition) is 2. The molecule has 1 aliphatic rings. The van der Waals surface area contributed by atoms with Crippen molar-refractivity contribution in [1.29, 1.82) is 0 Å². The Hall–Kier alpha value is -0.0800. The molecule has 0 aromatic heterocycles. The molecule has 2 nitrogen and oxygen atoms in total. The first-order chi connectivity index (χ1) is 3.55. The molecule has 4 N–H and O–H groups in total. The van der Waals surface area contributed by atoms with Gasteiger partial charge in [0.05, 0.1) is 0 Å². The second-order valence-electron chi connectivity index (χ2n) is 3.27. The van der Waals surface area contributed by atoms with Gasteiger partial charge in [-0.05, 0) is 11.8 Å². The zero-order valence-electron chi connectivity index (χ0n) is 5.52. The van der Waals surface area contributed by atoms with Gasteiger partial charge >= 0.3 is 0 Å². The van der Waals surface area contributed by atoms with Crippen LogP contribution in [0.1, 0.15) is 20.3 Å². The topological polar surface area (TPSA) is 52.0 Å². The molecule has 0 amide bonds. The van der Waals surface area contributed by atoms with Crippen LogP contribution in [0.15, 0.2) is 0 Å². The molecule has 0 aromatic carbocycles.